The van der Waals surface area contributed by atoms with Crippen molar-refractivity contribution in [3.05, 3.63) is 0 Å². The highest BCUT2D eigenvalue weighted by Crippen LogP contribution is 2.47. The summed E-state index contributed by atoms with van der Waals surface area (Å²) >= 11 is 0. The number of rotatable bonds is 14. The summed E-state index contributed by atoms with van der Waals surface area (Å²) in [6.07, 6.45) is 8.28. The van der Waals surface area contributed by atoms with Gasteiger partial charge >= 0.3 is 7.60 Å². The molecule has 0 radical (unpaired) electrons. The van der Waals surface area contributed by atoms with Gasteiger partial charge in [-0.15, -0.1) is 0 Å². The zero-order valence-electron chi connectivity index (χ0n) is 13.0. The molecule has 0 rings (SSSR count). The fourth-order valence-corrected chi connectivity index (χ4v) is 3.03. The van der Waals surface area contributed by atoms with Crippen molar-refractivity contribution >= 4 is 7.60 Å². The highest BCUT2D eigenvalue weighted by atomic mass is 31.2. The minimum atomic E-state index is -2.81. The van der Waals surface area contributed by atoms with E-state index in [0.717, 1.165) is 13.1 Å². The van der Waals surface area contributed by atoms with Gasteiger partial charge in [0.1, 0.15) is 0 Å². The van der Waals surface area contributed by atoms with Gasteiger partial charge in [-0.05, 0) is 19.9 Å². The van der Waals surface area contributed by atoms with Crippen molar-refractivity contribution in [1.82, 2.24) is 5.32 Å². The topological polar surface area (TPSA) is 47.6 Å². The molecule has 0 aromatic carbocycles. The number of nitrogens with one attached hydrogen (secondary N) is 1. The van der Waals surface area contributed by atoms with E-state index in [-0.39, 0.29) is 0 Å². The minimum absolute atomic E-state index is 0.441. The Labute approximate surface area is 119 Å². The quantitative estimate of drug-likeness (QED) is 0.385. The van der Waals surface area contributed by atoms with Crippen molar-refractivity contribution in [2.24, 2.45) is 0 Å². The SMILES string of the molecule is CCCCCCCCNCCOP(=O)(CC)OCC. The monoisotopic (exact) mass is 293 g/mol. The second kappa shape index (κ2) is 13.1. The van der Waals surface area contributed by atoms with E-state index in [2.05, 4.69) is 12.2 Å². The molecular weight excluding hydrogens is 261 g/mol. The summed E-state index contributed by atoms with van der Waals surface area (Å²) < 4.78 is 22.5. The van der Waals surface area contributed by atoms with E-state index >= 15 is 0 Å². The third-order valence-electron chi connectivity index (χ3n) is 2.99. The molecule has 0 aliphatic heterocycles. The Hall–Kier alpha value is 0.110. The van der Waals surface area contributed by atoms with Crippen LogP contribution in [-0.4, -0.2) is 32.5 Å². The third-order valence-corrected chi connectivity index (χ3v) is 4.99. The Morgan fingerprint density at radius 1 is 0.895 bits per heavy atom. The zero-order valence-corrected chi connectivity index (χ0v) is 13.8. The molecule has 0 aliphatic carbocycles. The smallest absolute Gasteiger partial charge is 0.314 e. The van der Waals surface area contributed by atoms with Gasteiger partial charge in [0.05, 0.1) is 13.2 Å². The molecule has 0 aromatic rings. The van der Waals surface area contributed by atoms with Crippen LogP contribution in [0.25, 0.3) is 0 Å². The Bertz CT molecular complexity index is 237. The summed E-state index contributed by atoms with van der Waals surface area (Å²) in [5.41, 5.74) is 0. The molecule has 5 heteroatoms. The van der Waals surface area contributed by atoms with Crippen LogP contribution in [-0.2, 0) is 13.6 Å². The van der Waals surface area contributed by atoms with Crippen LogP contribution in [0.1, 0.15) is 59.3 Å². The van der Waals surface area contributed by atoms with Gasteiger partial charge in [0.25, 0.3) is 0 Å². The van der Waals surface area contributed by atoms with Gasteiger partial charge in [0, 0.05) is 12.7 Å². The van der Waals surface area contributed by atoms with Crippen molar-refractivity contribution in [2.45, 2.75) is 59.3 Å². The summed E-state index contributed by atoms with van der Waals surface area (Å²) in [7, 11) is -2.81. The van der Waals surface area contributed by atoms with E-state index in [1.807, 2.05) is 13.8 Å². The first-order valence-corrected chi connectivity index (χ1v) is 9.50. The molecule has 0 saturated heterocycles. The van der Waals surface area contributed by atoms with E-state index in [1.54, 1.807) is 0 Å². The molecule has 0 saturated carbocycles. The van der Waals surface area contributed by atoms with Crippen molar-refractivity contribution < 1.29 is 13.6 Å². The molecule has 0 heterocycles. The number of hydrogen-bond donors (Lipinski definition) is 1. The summed E-state index contributed by atoms with van der Waals surface area (Å²) in [5, 5.41) is 3.31. The molecule has 19 heavy (non-hydrogen) atoms. The van der Waals surface area contributed by atoms with E-state index in [9.17, 15) is 4.57 Å². The molecule has 0 aromatic heterocycles. The van der Waals surface area contributed by atoms with Crippen LogP contribution in [0.3, 0.4) is 0 Å². The maximum absolute atomic E-state index is 11.9. The number of unbranched alkanes of at least 4 members (excludes halogenated alkanes) is 5. The minimum Gasteiger partial charge on any atom is -0.314 e. The first-order valence-electron chi connectivity index (χ1n) is 7.77. The van der Waals surface area contributed by atoms with Gasteiger partial charge in [-0.25, -0.2) is 0 Å². The first-order chi connectivity index (χ1) is 9.18. The normalized spacial score (nSPS) is 14.5. The summed E-state index contributed by atoms with van der Waals surface area (Å²) in [4.78, 5) is 0. The van der Waals surface area contributed by atoms with E-state index in [0.29, 0.717) is 19.4 Å². The van der Waals surface area contributed by atoms with Gasteiger partial charge in [0.2, 0.25) is 0 Å². The van der Waals surface area contributed by atoms with Crippen LogP contribution >= 0.6 is 7.60 Å². The van der Waals surface area contributed by atoms with Gasteiger partial charge in [-0.3, -0.25) is 4.57 Å². The average molecular weight is 293 g/mol. The van der Waals surface area contributed by atoms with Gasteiger partial charge in [-0.2, -0.15) is 0 Å². The van der Waals surface area contributed by atoms with Crippen molar-refractivity contribution in [2.75, 3.05) is 32.5 Å². The molecule has 0 fully saturated rings. The molecule has 1 unspecified atom stereocenters. The van der Waals surface area contributed by atoms with Gasteiger partial charge < -0.3 is 14.4 Å². The van der Waals surface area contributed by atoms with Gasteiger partial charge in [0.15, 0.2) is 0 Å². The van der Waals surface area contributed by atoms with Crippen LogP contribution < -0.4 is 5.32 Å². The second-order valence-electron chi connectivity index (χ2n) is 4.70. The molecule has 1 atom stereocenters. The Morgan fingerprint density at radius 3 is 2.21 bits per heavy atom. The van der Waals surface area contributed by atoms with Crippen LogP contribution in [0, 0.1) is 0 Å². The lowest BCUT2D eigenvalue weighted by Gasteiger charge is -2.16. The van der Waals surface area contributed by atoms with E-state index < -0.39 is 7.60 Å². The molecule has 0 aliphatic rings. The maximum Gasteiger partial charge on any atom is 0.330 e. The van der Waals surface area contributed by atoms with Crippen LogP contribution in [0.2, 0.25) is 0 Å². The largest absolute Gasteiger partial charge is 0.330 e. The van der Waals surface area contributed by atoms with E-state index in [4.69, 9.17) is 9.05 Å². The molecule has 116 valence electrons. The lowest BCUT2D eigenvalue weighted by atomic mass is 10.1. The van der Waals surface area contributed by atoms with E-state index in [1.165, 1.54) is 38.5 Å². The zero-order chi connectivity index (χ0) is 14.4. The lowest BCUT2D eigenvalue weighted by Crippen LogP contribution is -2.20. The Kier molecular flexibility index (Phi) is 13.2. The van der Waals surface area contributed by atoms with Crippen LogP contribution in [0.5, 0.6) is 0 Å². The Balaban J connectivity index is 3.32. The highest BCUT2D eigenvalue weighted by molar-refractivity contribution is 7.53. The lowest BCUT2D eigenvalue weighted by molar-refractivity contribution is 0.213. The third kappa shape index (κ3) is 11.6. The van der Waals surface area contributed by atoms with Crippen molar-refractivity contribution in [3.8, 4) is 0 Å². The molecule has 0 spiro atoms. The standard InChI is InChI=1S/C14H32NO3P/c1-4-7-8-9-10-11-12-15-13-14-18-19(16,6-3)17-5-2/h15H,4-14H2,1-3H3. The van der Waals surface area contributed by atoms with Crippen molar-refractivity contribution in [1.29, 1.82) is 0 Å². The summed E-state index contributed by atoms with van der Waals surface area (Å²) in [6, 6.07) is 0. The predicted molar refractivity (Wildman–Crippen MR) is 82.0 cm³/mol. The fraction of sp³-hybridized carbons (Fsp3) is 1.00. The summed E-state index contributed by atoms with van der Waals surface area (Å²) in [5.74, 6) is 0. The molecule has 4 nitrogen and oxygen atoms in total. The first kappa shape index (κ1) is 19.1. The predicted octanol–water partition coefficient (Wildman–Crippen LogP) is 4.20. The molecular formula is C14H32NO3P. The molecule has 1 N–H and O–H groups in total. The highest BCUT2D eigenvalue weighted by Gasteiger charge is 2.20. The average Bonchev–Trinajstić information content (AvgIpc) is 2.41. The van der Waals surface area contributed by atoms with Crippen LogP contribution in [0.4, 0.5) is 0 Å². The van der Waals surface area contributed by atoms with Crippen LogP contribution in [0.15, 0.2) is 0 Å². The molecule has 0 bridgehead atoms. The van der Waals surface area contributed by atoms with Gasteiger partial charge in [-0.1, -0.05) is 46.0 Å². The summed E-state index contributed by atoms with van der Waals surface area (Å²) in [6.45, 7) is 8.56. The maximum atomic E-state index is 11.9. The number of hydrogen-bond acceptors (Lipinski definition) is 4. The second-order valence-corrected chi connectivity index (χ2v) is 7.07. The van der Waals surface area contributed by atoms with Crippen molar-refractivity contribution in [3.63, 3.8) is 0 Å². The fourth-order valence-electron chi connectivity index (χ4n) is 1.83. The molecule has 0 amide bonds. The Morgan fingerprint density at radius 2 is 1.58 bits per heavy atom.